The molecule has 0 saturated carbocycles. The van der Waals surface area contributed by atoms with Crippen molar-refractivity contribution >= 4 is 11.9 Å². The fourth-order valence-electron chi connectivity index (χ4n) is 1.47. The Morgan fingerprint density at radius 1 is 1.43 bits per heavy atom. The van der Waals surface area contributed by atoms with Gasteiger partial charge in [-0.2, -0.15) is 0 Å². The van der Waals surface area contributed by atoms with Crippen LogP contribution < -0.4 is 0 Å². The van der Waals surface area contributed by atoms with Gasteiger partial charge in [-0.25, -0.2) is 4.98 Å². The van der Waals surface area contributed by atoms with E-state index >= 15 is 0 Å². The van der Waals surface area contributed by atoms with Crippen molar-refractivity contribution in [2.45, 2.75) is 19.3 Å². The summed E-state index contributed by atoms with van der Waals surface area (Å²) in [6, 6.07) is 5.92. The van der Waals surface area contributed by atoms with Crippen LogP contribution in [-0.4, -0.2) is 15.7 Å². The maximum absolute atomic E-state index is 10.1. The predicted octanol–water partition coefficient (Wildman–Crippen LogP) is 1.86. The highest BCUT2D eigenvalue weighted by atomic mass is 16.1. The van der Waals surface area contributed by atoms with E-state index in [9.17, 15) is 4.79 Å². The van der Waals surface area contributed by atoms with Crippen molar-refractivity contribution in [3.8, 4) is 0 Å². The zero-order chi connectivity index (χ0) is 9.80. The Hall–Kier alpha value is -1.64. The molecule has 0 fully saturated rings. The number of hydrogen-bond acceptors (Lipinski definition) is 2. The molecule has 0 radical (unpaired) electrons. The second-order valence-corrected chi connectivity index (χ2v) is 3.26. The average molecular weight is 188 g/mol. The molecule has 2 rings (SSSR count). The molecule has 0 aromatic carbocycles. The van der Waals surface area contributed by atoms with Crippen molar-refractivity contribution in [3.63, 3.8) is 0 Å². The van der Waals surface area contributed by atoms with E-state index in [1.807, 2.05) is 35.0 Å². The Morgan fingerprint density at radius 2 is 2.36 bits per heavy atom. The van der Waals surface area contributed by atoms with Crippen molar-refractivity contribution < 1.29 is 4.79 Å². The SMILES string of the molecule is O=CCCCc1cn2ccccc2n1. The van der Waals surface area contributed by atoms with Gasteiger partial charge in [0.05, 0.1) is 5.69 Å². The molecule has 3 nitrogen and oxygen atoms in total. The van der Waals surface area contributed by atoms with Crippen molar-refractivity contribution in [1.29, 1.82) is 0 Å². The van der Waals surface area contributed by atoms with Crippen LogP contribution in [0.3, 0.4) is 0 Å². The van der Waals surface area contributed by atoms with E-state index in [0.717, 1.165) is 30.5 Å². The Bertz CT molecular complexity index is 401. The summed E-state index contributed by atoms with van der Waals surface area (Å²) in [6.45, 7) is 0. The van der Waals surface area contributed by atoms with E-state index in [1.54, 1.807) is 0 Å². The summed E-state index contributed by atoms with van der Waals surface area (Å²) in [5.74, 6) is 0. The molecule has 0 aliphatic rings. The summed E-state index contributed by atoms with van der Waals surface area (Å²) in [5.41, 5.74) is 2.02. The molecular weight excluding hydrogens is 176 g/mol. The zero-order valence-corrected chi connectivity index (χ0v) is 7.89. The summed E-state index contributed by atoms with van der Waals surface area (Å²) in [5, 5.41) is 0. The quantitative estimate of drug-likeness (QED) is 0.542. The molecule has 2 aromatic heterocycles. The highest BCUT2D eigenvalue weighted by Gasteiger charge is 1.99. The van der Waals surface area contributed by atoms with E-state index in [-0.39, 0.29) is 0 Å². The molecule has 2 aromatic rings. The number of hydrogen-bond donors (Lipinski definition) is 0. The first kappa shape index (κ1) is 8.94. The van der Waals surface area contributed by atoms with Crippen LogP contribution in [0.1, 0.15) is 18.5 Å². The van der Waals surface area contributed by atoms with Crippen LogP contribution in [0, 0.1) is 0 Å². The summed E-state index contributed by atoms with van der Waals surface area (Å²) >= 11 is 0. The van der Waals surface area contributed by atoms with Crippen LogP contribution in [0.25, 0.3) is 5.65 Å². The van der Waals surface area contributed by atoms with E-state index in [1.165, 1.54) is 0 Å². The molecule has 72 valence electrons. The maximum atomic E-state index is 10.1. The van der Waals surface area contributed by atoms with Gasteiger partial charge in [0, 0.05) is 18.8 Å². The topological polar surface area (TPSA) is 34.4 Å². The average Bonchev–Trinajstić information content (AvgIpc) is 2.60. The Balaban J connectivity index is 2.14. The van der Waals surface area contributed by atoms with Gasteiger partial charge < -0.3 is 9.20 Å². The Morgan fingerprint density at radius 3 is 3.14 bits per heavy atom. The third kappa shape index (κ3) is 1.82. The van der Waals surface area contributed by atoms with Gasteiger partial charge in [-0.15, -0.1) is 0 Å². The first-order valence-corrected chi connectivity index (χ1v) is 4.76. The van der Waals surface area contributed by atoms with E-state index in [0.29, 0.717) is 6.42 Å². The number of carbonyl (C=O) groups is 1. The minimum Gasteiger partial charge on any atom is -0.307 e. The standard InChI is InChI=1S/C11H12N2O/c14-8-4-2-5-10-9-13-7-3-1-6-11(13)12-10/h1,3,6-9H,2,4-5H2. The molecule has 14 heavy (non-hydrogen) atoms. The van der Waals surface area contributed by atoms with Gasteiger partial charge in [-0.3, -0.25) is 0 Å². The Labute approximate surface area is 82.4 Å². The van der Waals surface area contributed by atoms with Crippen LogP contribution in [-0.2, 0) is 11.2 Å². The molecule has 0 saturated heterocycles. The first-order chi connectivity index (χ1) is 6.90. The van der Waals surface area contributed by atoms with E-state index < -0.39 is 0 Å². The van der Waals surface area contributed by atoms with Gasteiger partial charge in [-0.1, -0.05) is 6.07 Å². The van der Waals surface area contributed by atoms with Gasteiger partial charge in [0.15, 0.2) is 0 Å². The number of aromatic nitrogens is 2. The van der Waals surface area contributed by atoms with Crippen LogP contribution in [0.5, 0.6) is 0 Å². The number of pyridine rings is 1. The van der Waals surface area contributed by atoms with Crippen molar-refractivity contribution in [2.24, 2.45) is 0 Å². The van der Waals surface area contributed by atoms with Crippen LogP contribution in [0.4, 0.5) is 0 Å². The molecule has 3 heteroatoms. The number of carbonyl (C=O) groups excluding carboxylic acids is 1. The molecule has 2 heterocycles. The first-order valence-electron chi connectivity index (χ1n) is 4.76. The van der Waals surface area contributed by atoms with E-state index in [4.69, 9.17) is 0 Å². The summed E-state index contributed by atoms with van der Waals surface area (Å²) in [6.07, 6.45) is 7.32. The van der Waals surface area contributed by atoms with Gasteiger partial charge in [-0.05, 0) is 25.0 Å². The summed E-state index contributed by atoms with van der Waals surface area (Å²) < 4.78 is 2.00. The maximum Gasteiger partial charge on any atom is 0.136 e. The lowest BCUT2D eigenvalue weighted by Crippen LogP contribution is -1.85. The number of aldehydes is 1. The number of imidazole rings is 1. The molecule has 0 spiro atoms. The highest BCUT2D eigenvalue weighted by Crippen LogP contribution is 2.06. The van der Waals surface area contributed by atoms with Crippen molar-refractivity contribution in [2.75, 3.05) is 0 Å². The monoisotopic (exact) mass is 188 g/mol. The molecule has 0 aliphatic carbocycles. The summed E-state index contributed by atoms with van der Waals surface area (Å²) in [7, 11) is 0. The lowest BCUT2D eigenvalue weighted by Gasteiger charge is -1.89. The van der Waals surface area contributed by atoms with Crippen molar-refractivity contribution in [1.82, 2.24) is 9.38 Å². The van der Waals surface area contributed by atoms with Gasteiger partial charge in [0.1, 0.15) is 11.9 Å². The second kappa shape index (κ2) is 4.05. The fraction of sp³-hybridized carbons (Fsp3) is 0.273. The van der Waals surface area contributed by atoms with Crippen molar-refractivity contribution in [3.05, 3.63) is 36.3 Å². The number of aryl methyl sites for hydroxylation is 1. The van der Waals surface area contributed by atoms with Crippen LogP contribution in [0.15, 0.2) is 30.6 Å². The molecule has 0 bridgehead atoms. The third-order valence-corrected chi connectivity index (χ3v) is 2.17. The van der Waals surface area contributed by atoms with E-state index in [2.05, 4.69) is 4.98 Å². The fourth-order valence-corrected chi connectivity index (χ4v) is 1.47. The van der Waals surface area contributed by atoms with Gasteiger partial charge in [0.25, 0.3) is 0 Å². The van der Waals surface area contributed by atoms with Crippen LogP contribution >= 0.6 is 0 Å². The summed E-state index contributed by atoms with van der Waals surface area (Å²) in [4.78, 5) is 14.6. The minimum absolute atomic E-state index is 0.619. The number of unbranched alkanes of at least 4 members (excludes halogenated alkanes) is 1. The van der Waals surface area contributed by atoms with Crippen LogP contribution in [0.2, 0.25) is 0 Å². The zero-order valence-electron chi connectivity index (χ0n) is 7.89. The molecule has 0 atom stereocenters. The molecule has 0 N–H and O–H groups in total. The number of rotatable bonds is 4. The predicted molar refractivity (Wildman–Crippen MR) is 54.2 cm³/mol. The lowest BCUT2D eigenvalue weighted by atomic mass is 10.2. The smallest absolute Gasteiger partial charge is 0.136 e. The largest absolute Gasteiger partial charge is 0.307 e. The normalized spacial score (nSPS) is 10.6. The lowest BCUT2D eigenvalue weighted by molar-refractivity contribution is -0.107. The molecule has 0 unspecified atom stereocenters. The third-order valence-electron chi connectivity index (χ3n) is 2.17. The number of fused-ring (bicyclic) bond motifs is 1. The second-order valence-electron chi connectivity index (χ2n) is 3.26. The van der Waals surface area contributed by atoms with Gasteiger partial charge >= 0.3 is 0 Å². The van der Waals surface area contributed by atoms with Gasteiger partial charge in [0.2, 0.25) is 0 Å². The molecular formula is C11H12N2O. The molecule has 0 amide bonds. The Kier molecular flexibility index (Phi) is 2.58. The number of nitrogens with zero attached hydrogens (tertiary/aromatic N) is 2. The highest BCUT2D eigenvalue weighted by molar-refractivity contribution is 5.49. The minimum atomic E-state index is 0.619. The molecule has 0 aliphatic heterocycles.